The maximum Gasteiger partial charge on any atom is 0.262 e. The lowest BCUT2D eigenvalue weighted by Crippen LogP contribution is -2.34. The number of anilines is 2. The van der Waals surface area contributed by atoms with E-state index < -0.39 is 0 Å². The van der Waals surface area contributed by atoms with Crippen molar-refractivity contribution in [3.8, 4) is 5.75 Å². The Morgan fingerprint density at radius 1 is 1.43 bits per heavy atom. The maximum atomic E-state index is 12.2. The number of nitrogens with two attached hydrogens (primary N) is 1. The molecule has 0 radical (unpaired) electrons. The SMILES string of the molecule is NC1CCCC1C(=O)Nc1cc2c(cc1Cl)NC(=O)CO2. The van der Waals surface area contributed by atoms with Crippen LogP contribution in [0.15, 0.2) is 12.1 Å². The molecule has 1 aliphatic heterocycles. The first-order valence-corrected chi connectivity index (χ1v) is 7.25. The van der Waals surface area contributed by atoms with Crippen LogP contribution in [0.3, 0.4) is 0 Å². The Bertz CT molecular complexity index is 605. The van der Waals surface area contributed by atoms with Gasteiger partial charge in [0.2, 0.25) is 5.91 Å². The molecule has 2 aliphatic rings. The van der Waals surface area contributed by atoms with E-state index in [-0.39, 0.29) is 30.4 Å². The highest BCUT2D eigenvalue weighted by Gasteiger charge is 2.30. The number of carbonyl (C=O) groups excluding carboxylic acids is 2. The van der Waals surface area contributed by atoms with Gasteiger partial charge in [-0.05, 0) is 18.9 Å². The highest BCUT2D eigenvalue weighted by atomic mass is 35.5. The van der Waals surface area contributed by atoms with Gasteiger partial charge >= 0.3 is 0 Å². The summed E-state index contributed by atoms with van der Waals surface area (Å²) in [6.45, 7) is -0.0461. The second kappa shape index (κ2) is 5.54. The van der Waals surface area contributed by atoms with Gasteiger partial charge in [0.15, 0.2) is 6.61 Å². The molecule has 3 rings (SSSR count). The predicted molar refractivity (Wildman–Crippen MR) is 79.5 cm³/mol. The Morgan fingerprint density at radius 2 is 2.24 bits per heavy atom. The van der Waals surface area contributed by atoms with E-state index in [0.29, 0.717) is 22.1 Å². The Hall–Kier alpha value is -1.79. The van der Waals surface area contributed by atoms with E-state index in [4.69, 9.17) is 22.1 Å². The summed E-state index contributed by atoms with van der Waals surface area (Å²) >= 11 is 6.14. The van der Waals surface area contributed by atoms with Gasteiger partial charge in [-0.25, -0.2) is 0 Å². The fourth-order valence-corrected chi connectivity index (χ4v) is 2.95. The van der Waals surface area contributed by atoms with Gasteiger partial charge in [0.25, 0.3) is 5.91 Å². The highest BCUT2D eigenvalue weighted by molar-refractivity contribution is 6.34. The Kier molecular flexibility index (Phi) is 3.73. The Balaban J connectivity index is 1.79. The Labute approximate surface area is 127 Å². The van der Waals surface area contributed by atoms with Crippen molar-refractivity contribution in [3.63, 3.8) is 0 Å². The van der Waals surface area contributed by atoms with Crippen LogP contribution in [0.1, 0.15) is 19.3 Å². The second-order valence-corrected chi connectivity index (χ2v) is 5.76. The number of rotatable bonds is 2. The average Bonchev–Trinajstić information content (AvgIpc) is 2.86. The summed E-state index contributed by atoms with van der Waals surface area (Å²) in [4.78, 5) is 23.5. The van der Waals surface area contributed by atoms with Crippen molar-refractivity contribution < 1.29 is 14.3 Å². The number of carbonyl (C=O) groups is 2. The molecule has 0 saturated heterocycles. The van der Waals surface area contributed by atoms with Gasteiger partial charge in [0.1, 0.15) is 5.75 Å². The number of fused-ring (bicyclic) bond motifs is 1. The predicted octanol–water partition coefficient (Wildman–Crippen LogP) is 1.74. The number of ether oxygens (including phenoxy) is 1. The molecular weight excluding hydrogens is 294 g/mol. The normalized spacial score (nSPS) is 24.0. The van der Waals surface area contributed by atoms with E-state index in [1.807, 2.05) is 0 Å². The molecule has 7 heteroatoms. The molecule has 21 heavy (non-hydrogen) atoms. The monoisotopic (exact) mass is 309 g/mol. The topological polar surface area (TPSA) is 93.5 Å². The van der Waals surface area contributed by atoms with Gasteiger partial charge in [-0.2, -0.15) is 0 Å². The van der Waals surface area contributed by atoms with Gasteiger partial charge in [-0.1, -0.05) is 18.0 Å². The lowest BCUT2D eigenvalue weighted by Gasteiger charge is -2.21. The largest absolute Gasteiger partial charge is 0.482 e. The molecule has 2 amide bonds. The first-order chi connectivity index (χ1) is 10.0. The van der Waals surface area contributed by atoms with Gasteiger partial charge < -0.3 is 21.1 Å². The molecule has 0 aromatic heterocycles. The number of hydrogen-bond acceptors (Lipinski definition) is 4. The summed E-state index contributed by atoms with van der Waals surface area (Å²) in [6.07, 6.45) is 2.62. The third-order valence-corrected chi connectivity index (χ3v) is 4.18. The summed E-state index contributed by atoms with van der Waals surface area (Å²) in [7, 11) is 0. The lowest BCUT2D eigenvalue weighted by atomic mass is 10.0. The quantitative estimate of drug-likeness (QED) is 0.775. The maximum absolute atomic E-state index is 12.2. The minimum Gasteiger partial charge on any atom is -0.482 e. The molecule has 112 valence electrons. The fraction of sp³-hybridized carbons (Fsp3) is 0.429. The molecule has 6 nitrogen and oxygen atoms in total. The van der Waals surface area contributed by atoms with Gasteiger partial charge in [0, 0.05) is 12.1 Å². The van der Waals surface area contributed by atoms with E-state index >= 15 is 0 Å². The fourth-order valence-electron chi connectivity index (χ4n) is 2.74. The molecule has 1 heterocycles. The number of nitrogens with one attached hydrogen (secondary N) is 2. The van der Waals surface area contributed by atoms with Crippen molar-refractivity contribution in [1.82, 2.24) is 0 Å². The van der Waals surface area contributed by atoms with Crippen LogP contribution >= 0.6 is 11.6 Å². The summed E-state index contributed by atoms with van der Waals surface area (Å²) in [5.41, 5.74) is 6.91. The smallest absolute Gasteiger partial charge is 0.262 e. The van der Waals surface area contributed by atoms with E-state index in [1.165, 1.54) is 0 Å². The molecule has 0 bridgehead atoms. The van der Waals surface area contributed by atoms with Crippen LogP contribution in [0.2, 0.25) is 5.02 Å². The third kappa shape index (κ3) is 2.82. The van der Waals surface area contributed by atoms with Crippen LogP contribution in [0, 0.1) is 5.92 Å². The van der Waals surface area contributed by atoms with Crippen molar-refractivity contribution in [1.29, 1.82) is 0 Å². The second-order valence-electron chi connectivity index (χ2n) is 5.36. The third-order valence-electron chi connectivity index (χ3n) is 3.87. The zero-order chi connectivity index (χ0) is 15.0. The van der Waals surface area contributed by atoms with Crippen molar-refractivity contribution in [3.05, 3.63) is 17.2 Å². The summed E-state index contributed by atoms with van der Waals surface area (Å²) < 4.78 is 5.31. The zero-order valence-electron chi connectivity index (χ0n) is 11.3. The van der Waals surface area contributed by atoms with E-state index in [1.54, 1.807) is 12.1 Å². The van der Waals surface area contributed by atoms with Gasteiger partial charge in [-0.15, -0.1) is 0 Å². The number of amides is 2. The standard InChI is InChI=1S/C14H16ClN3O3/c15-8-4-11-12(21-6-13(19)17-11)5-10(8)18-14(20)7-2-1-3-9(7)16/h4-5,7,9H,1-3,6,16H2,(H,17,19)(H,18,20). The van der Waals surface area contributed by atoms with E-state index in [9.17, 15) is 9.59 Å². The number of hydrogen-bond donors (Lipinski definition) is 3. The molecule has 0 spiro atoms. The molecule has 1 aromatic rings. The molecule has 2 unspecified atom stereocenters. The van der Waals surface area contributed by atoms with Crippen LogP contribution in [-0.2, 0) is 9.59 Å². The van der Waals surface area contributed by atoms with Crippen LogP contribution in [-0.4, -0.2) is 24.5 Å². The zero-order valence-corrected chi connectivity index (χ0v) is 12.1. The van der Waals surface area contributed by atoms with Gasteiger partial charge in [-0.3, -0.25) is 9.59 Å². The lowest BCUT2D eigenvalue weighted by molar-refractivity contribution is -0.120. The summed E-state index contributed by atoms with van der Waals surface area (Å²) in [6, 6.07) is 3.09. The van der Waals surface area contributed by atoms with Gasteiger partial charge in [0.05, 0.1) is 22.3 Å². The van der Waals surface area contributed by atoms with Crippen LogP contribution < -0.4 is 21.1 Å². The summed E-state index contributed by atoms with van der Waals surface area (Å²) in [5, 5.41) is 5.81. The molecular formula is C14H16ClN3O3. The molecule has 1 aliphatic carbocycles. The average molecular weight is 310 g/mol. The van der Waals surface area contributed by atoms with E-state index in [0.717, 1.165) is 19.3 Å². The molecule has 1 saturated carbocycles. The first-order valence-electron chi connectivity index (χ1n) is 6.87. The minimum absolute atomic E-state index is 0.0461. The van der Waals surface area contributed by atoms with Crippen LogP contribution in [0.5, 0.6) is 5.75 Å². The van der Waals surface area contributed by atoms with E-state index in [2.05, 4.69) is 10.6 Å². The minimum atomic E-state index is -0.229. The van der Waals surface area contributed by atoms with Crippen molar-refractivity contribution in [2.24, 2.45) is 11.7 Å². The first kappa shape index (κ1) is 14.2. The van der Waals surface area contributed by atoms with Crippen LogP contribution in [0.4, 0.5) is 11.4 Å². The van der Waals surface area contributed by atoms with Crippen molar-refractivity contribution >= 4 is 34.8 Å². The molecule has 1 aromatic carbocycles. The van der Waals surface area contributed by atoms with Crippen molar-refractivity contribution in [2.75, 3.05) is 17.2 Å². The molecule has 1 fully saturated rings. The Morgan fingerprint density at radius 3 is 2.95 bits per heavy atom. The van der Waals surface area contributed by atoms with Crippen molar-refractivity contribution in [2.45, 2.75) is 25.3 Å². The molecule has 4 N–H and O–H groups in total. The highest BCUT2D eigenvalue weighted by Crippen LogP contribution is 2.37. The number of halogens is 1. The summed E-state index contributed by atoms with van der Waals surface area (Å²) in [5.74, 6) is -0.0447. The van der Waals surface area contributed by atoms with Crippen LogP contribution in [0.25, 0.3) is 0 Å². The molecule has 2 atom stereocenters. The number of benzene rings is 1.